The molecule has 31 heavy (non-hydrogen) atoms. The van der Waals surface area contributed by atoms with Gasteiger partial charge in [0.05, 0.1) is 6.61 Å². The molecule has 0 atom stereocenters. The van der Waals surface area contributed by atoms with Crippen molar-refractivity contribution >= 4 is 17.5 Å². The highest BCUT2D eigenvalue weighted by Crippen LogP contribution is 2.31. The first-order chi connectivity index (χ1) is 15.2. The molecule has 1 aromatic heterocycles. The lowest BCUT2D eigenvalue weighted by atomic mass is 9.90. The summed E-state index contributed by atoms with van der Waals surface area (Å²) in [4.78, 5) is 29.2. The molecular formula is C24H28N2O5. The number of benzene rings is 1. The summed E-state index contributed by atoms with van der Waals surface area (Å²) < 4.78 is 16.9. The Labute approximate surface area is 182 Å². The molecule has 0 saturated heterocycles. The lowest BCUT2D eigenvalue weighted by molar-refractivity contribution is -0.116. The summed E-state index contributed by atoms with van der Waals surface area (Å²) in [5, 5.41) is 2.78. The van der Waals surface area contributed by atoms with Crippen molar-refractivity contribution in [3.8, 4) is 17.2 Å². The number of ketones is 1. The van der Waals surface area contributed by atoms with E-state index in [2.05, 4.69) is 10.3 Å². The normalized spacial score (nSPS) is 15.9. The number of carbonyl (C=O) groups excluding carboxylic acids is 2. The van der Waals surface area contributed by atoms with E-state index in [1.165, 1.54) is 32.1 Å². The number of hydrogen-bond donors (Lipinski definition) is 1. The fourth-order valence-electron chi connectivity index (χ4n) is 3.95. The quantitative estimate of drug-likeness (QED) is 0.632. The number of amides is 1. The number of anilines is 1. The lowest BCUT2D eigenvalue weighted by Crippen LogP contribution is -2.18. The maximum atomic E-state index is 12.5. The summed E-state index contributed by atoms with van der Waals surface area (Å²) in [6, 6.07) is 8.70. The van der Waals surface area contributed by atoms with Crippen molar-refractivity contribution in [3.05, 3.63) is 42.1 Å². The van der Waals surface area contributed by atoms with Gasteiger partial charge in [0.25, 0.3) is 0 Å². The van der Waals surface area contributed by atoms with Gasteiger partial charge in [0.15, 0.2) is 28.8 Å². The van der Waals surface area contributed by atoms with Crippen molar-refractivity contribution in [2.75, 3.05) is 25.1 Å². The SMILES string of the molecule is O=C(CCC(=O)c1ccc2c(c1)OCCO2)Nc1ncccc1OCC1CCCCC1. The van der Waals surface area contributed by atoms with Crippen LogP contribution in [0.2, 0.25) is 0 Å². The van der Waals surface area contributed by atoms with Gasteiger partial charge in [-0.1, -0.05) is 19.3 Å². The maximum absolute atomic E-state index is 12.5. The van der Waals surface area contributed by atoms with E-state index in [1.807, 2.05) is 6.07 Å². The molecule has 1 aliphatic heterocycles. The predicted molar refractivity (Wildman–Crippen MR) is 116 cm³/mol. The first-order valence-corrected chi connectivity index (χ1v) is 11.0. The number of ether oxygens (including phenoxy) is 3. The minimum atomic E-state index is -0.271. The molecule has 0 spiro atoms. The van der Waals surface area contributed by atoms with E-state index in [9.17, 15) is 9.59 Å². The number of pyridine rings is 1. The van der Waals surface area contributed by atoms with Gasteiger partial charge in [-0.15, -0.1) is 0 Å². The van der Waals surface area contributed by atoms with Gasteiger partial charge in [-0.3, -0.25) is 9.59 Å². The summed E-state index contributed by atoms with van der Waals surface area (Å²) in [7, 11) is 0. The van der Waals surface area contributed by atoms with Crippen LogP contribution in [0.25, 0.3) is 0 Å². The standard InChI is InChI=1S/C24H28N2O5/c27-19(18-8-10-20-22(15-18)30-14-13-29-20)9-11-23(28)26-24-21(7-4-12-25-24)31-16-17-5-2-1-3-6-17/h4,7-8,10,12,15,17H,1-3,5-6,9,11,13-14,16H2,(H,25,26,28). The van der Waals surface area contributed by atoms with Crippen LogP contribution in [-0.2, 0) is 4.79 Å². The van der Waals surface area contributed by atoms with Gasteiger partial charge in [0, 0.05) is 24.6 Å². The van der Waals surface area contributed by atoms with Crippen LogP contribution >= 0.6 is 0 Å². The van der Waals surface area contributed by atoms with Gasteiger partial charge in [0.1, 0.15) is 13.2 Å². The van der Waals surface area contributed by atoms with E-state index in [4.69, 9.17) is 14.2 Å². The van der Waals surface area contributed by atoms with Crippen LogP contribution in [-0.4, -0.2) is 36.5 Å². The van der Waals surface area contributed by atoms with Crippen molar-refractivity contribution < 1.29 is 23.8 Å². The third-order valence-electron chi connectivity index (χ3n) is 5.67. The Morgan fingerprint density at radius 2 is 1.84 bits per heavy atom. The Kier molecular flexibility index (Phi) is 7.02. The van der Waals surface area contributed by atoms with Crippen LogP contribution in [0, 0.1) is 5.92 Å². The molecule has 4 rings (SSSR count). The molecule has 1 amide bonds. The van der Waals surface area contributed by atoms with Crippen LogP contribution in [0.15, 0.2) is 36.5 Å². The Hall–Kier alpha value is -3.09. The Balaban J connectivity index is 1.29. The van der Waals surface area contributed by atoms with E-state index in [-0.39, 0.29) is 24.5 Å². The third kappa shape index (κ3) is 5.75. The first kappa shape index (κ1) is 21.2. The molecular weight excluding hydrogens is 396 g/mol. The van der Waals surface area contributed by atoms with Gasteiger partial charge < -0.3 is 19.5 Å². The topological polar surface area (TPSA) is 86.8 Å². The zero-order chi connectivity index (χ0) is 21.5. The fourth-order valence-corrected chi connectivity index (χ4v) is 3.95. The molecule has 0 bridgehead atoms. The molecule has 1 fully saturated rings. The van der Waals surface area contributed by atoms with Crippen LogP contribution in [0.3, 0.4) is 0 Å². The summed E-state index contributed by atoms with van der Waals surface area (Å²) in [5.74, 6) is 2.33. The van der Waals surface area contributed by atoms with Gasteiger partial charge in [-0.05, 0) is 49.1 Å². The van der Waals surface area contributed by atoms with Gasteiger partial charge in [0.2, 0.25) is 5.91 Å². The number of nitrogens with one attached hydrogen (secondary N) is 1. The van der Waals surface area contributed by atoms with Crippen molar-refractivity contribution in [1.29, 1.82) is 0 Å². The molecule has 0 radical (unpaired) electrons. The van der Waals surface area contributed by atoms with Crippen molar-refractivity contribution in [2.45, 2.75) is 44.9 Å². The maximum Gasteiger partial charge on any atom is 0.226 e. The Morgan fingerprint density at radius 1 is 1.03 bits per heavy atom. The fraction of sp³-hybridized carbons (Fsp3) is 0.458. The number of rotatable bonds is 8. The lowest BCUT2D eigenvalue weighted by Gasteiger charge is -2.22. The van der Waals surface area contributed by atoms with E-state index >= 15 is 0 Å². The summed E-state index contributed by atoms with van der Waals surface area (Å²) in [5.41, 5.74) is 0.506. The second-order valence-corrected chi connectivity index (χ2v) is 7.99. The molecule has 1 aromatic carbocycles. The van der Waals surface area contributed by atoms with Gasteiger partial charge in [-0.25, -0.2) is 4.98 Å². The highest BCUT2D eigenvalue weighted by Gasteiger charge is 2.18. The minimum Gasteiger partial charge on any atom is -0.489 e. The zero-order valence-corrected chi connectivity index (χ0v) is 17.6. The first-order valence-electron chi connectivity index (χ1n) is 11.0. The Morgan fingerprint density at radius 3 is 2.68 bits per heavy atom. The molecule has 1 aliphatic carbocycles. The number of carbonyl (C=O) groups is 2. The molecule has 1 saturated carbocycles. The average Bonchev–Trinajstić information content (AvgIpc) is 2.82. The van der Waals surface area contributed by atoms with Crippen LogP contribution < -0.4 is 19.5 Å². The number of aromatic nitrogens is 1. The predicted octanol–water partition coefficient (Wildman–Crippen LogP) is 4.41. The number of hydrogen-bond acceptors (Lipinski definition) is 6. The third-order valence-corrected chi connectivity index (χ3v) is 5.67. The van der Waals surface area contributed by atoms with E-state index in [0.29, 0.717) is 54.4 Å². The van der Waals surface area contributed by atoms with Crippen LogP contribution in [0.1, 0.15) is 55.3 Å². The Bertz CT molecular complexity index is 924. The van der Waals surface area contributed by atoms with E-state index in [1.54, 1.807) is 30.5 Å². The molecule has 7 heteroatoms. The highest BCUT2D eigenvalue weighted by atomic mass is 16.6. The average molecular weight is 424 g/mol. The highest BCUT2D eigenvalue weighted by molar-refractivity contribution is 6.00. The second-order valence-electron chi connectivity index (χ2n) is 7.99. The minimum absolute atomic E-state index is 0.0614. The summed E-state index contributed by atoms with van der Waals surface area (Å²) in [6.45, 7) is 1.60. The van der Waals surface area contributed by atoms with Gasteiger partial charge >= 0.3 is 0 Å². The summed E-state index contributed by atoms with van der Waals surface area (Å²) in [6.07, 6.45) is 7.94. The molecule has 164 valence electrons. The monoisotopic (exact) mass is 424 g/mol. The molecule has 1 N–H and O–H groups in total. The van der Waals surface area contributed by atoms with E-state index in [0.717, 1.165) is 0 Å². The van der Waals surface area contributed by atoms with Crippen molar-refractivity contribution in [1.82, 2.24) is 4.98 Å². The van der Waals surface area contributed by atoms with E-state index < -0.39 is 0 Å². The molecule has 7 nitrogen and oxygen atoms in total. The second kappa shape index (κ2) is 10.3. The largest absolute Gasteiger partial charge is 0.489 e. The molecule has 2 heterocycles. The van der Waals surface area contributed by atoms with Crippen LogP contribution in [0.4, 0.5) is 5.82 Å². The summed E-state index contributed by atoms with van der Waals surface area (Å²) >= 11 is 0. The van der Waals surface area contributed by atoms with Crippen molar-refractivity contribution in [3.63, 3.8) is 0 Å². The molecule has 2 aliphatic rings. The zero-order valence-electron chi connectivity index (χ0n) is 17.6. The smallest absolute Gasteiger partial charge is 0.226 e. The number of fused-ring (bicyclic) bond motifs is 1. The van der Waals surface area contributed by atoms with Gasteiger partial charge in [-0.2, -0.15) is 0 Å². The van der Waals surface area contributed by atoms with Crippen LogP contribution in [0.5, 0.6) is 17.2 Å². The number of Topliss-reactive ketones (excluding diaryl/α,β-unsaturated/α-hetero) is 1. The molecule has 2 aromatic rings. The van der Waals surface area contributed by atoms with Crippen molar-refractivity contribution in [2.24, 2.45) is 5.92 Å². The molecule has 0 unspecified atom stereocenters. The number of nitrogens with zero attached hydrogens (tertiary/aromatic N) is 1.